The normalized spacial score (nSPS) is 20.5. The third-order valence-electron chi connectivity index (χ3n) is 4.36. The number of benzene rings is 1. The van der Waals surface area contributed by atoms with Crippen LogP contribution in [0.5, 0.6) is 0 Å². The first kappa shape index (κ1) is 18.2. The number of hydrogen-bond donors (Lipinski definition) is 2. The van der Waals surface area contributed by atoms with E-state index in [1.807, 2.05) is 13.8 Å². The second kappa shape index (κ2) is 8.08. The monoisotopic (exact) mass is 330 g/mol. The van der Waals surface area contributed by atoms with Crippen LogP contribution in [-0.4, -0.2) is 29.7 Å². The van der Waals surface area contributed by atoms with Gasteiger partial charge in [0.1, 0.15) is 0 Å². The average molecular weight is 330 g/mol. The largest absolute Gasteiger partial charge is 0.354 e. The zero-order valence-corrected chi connectivity index (χ0v) is 14.6. The molecule has 1 saturated carbocycles. The molecule has 5 nitrogen and oxygen atoms in total. The maximum Gasteiger partial charge on any atom is 0.252 e. The van der Waals surface area contributed by atoms with Crippen molar-refractivity contribution in [2.75, 3.05) is 0 Å². The van der Waals surface area contributed by atoms with E-state index in [-0.39, 0.29) is 35.6 Å². The van der Waals surface area contributed by atoms with Gasteiger partial charge in [-0.1, -0.05) is 24.6 Å². The molecule has 130 valence electrons. The average Bonchev–Trinajstić information content (AvgIpc) is 2.54. The third-order valence-corrected chi connectivity index (χ3v) is 4.36. The lowest BCUT2D eigenvalue weighted by atomic mass is 9.84. The summed E-state index contributed by atoms with van der Waals surface area (Å²) in [6.07, 6.45) is 3.27. The molecule has 0 bridgehead atoms. The number of carbonyl (C=O) groups is 3. The Morgan fingerprint density at radius 2 is 1.75 bits per heavy atom. The van der Waals surface area contributed by atoms with E-state index in [0.717, 1.165) is 19.3 Å². The number of amides is 2. The summed E-state index contributed by atoms with van der Waals surface area (Å²) in [5, 5.41) is 5.94. The summed E-state index contributed by atoms with van der Waals surface area (Å²) < 4.78 is 0. The maximum absolute atomic E-state index is 12.5. The van der Waals surface area contributed by atoms with E-state index in [4.69, 9.17) is 0 Å². The van der Waals surface area contributed by atoms with Crippen molar-refractivity contribution in [3.63, 3.8) is 0 Å². The highest BCUT2D eigenvalue weighted by Crippen LogP contribution is 2.25. The molecule has 1 aromatic carbocycles. The molecular formula is C19H26N2O3. The summed E-state index contributed by atoms with van der Waals surface area (Å²) >= 11 is 0. The summed E-state index contributed by atoms with van der Waals surface area (Å²) in [7, 11) is 0. The van der Waals surface area contributed by atoms with Gasteiger partial charge in [-0.25, -0.2) is 0 Å². The first-order valence-corrected chi connectivity index (χ1v) is 8.59. The Hall–Kier alpha value is -2.17. The number of Topliss-reactive ketones (excluding diaryl/α,β-unsaturated/α-hetero) is 1. The van der Waals surface area contributed by atoms with E-state index in [9.17, 15) is 14.4 Å². The van der Waals surface area contributed by atoms with Gasteiger partial charge in [-0.15, -0.1) is 0 Å². The number of ketones is 1. The van der Waals surface area contributed by atoms with Gasteiger partial charge in [0, 0.05) is 23.6 Å². The summed E-state index contributed by atoms with van der Waals surface area (Å²) in [5.41, 5.74) is 0.832. The maximum atomic E-state index is 12.5. The van der Waals surface area contributed by atoms with Crippen LogP contribution in [0.4, 0.5) is 0 Å². The van der Waals surface area contributed by atoms with Gasteiger partial charge in [-0.3, -0.25) is 14.4 Å². The number of rotatable bonds is 5. The Bertz CT molecular complexity index is 625. The predicted molar refractivity (Wildman–Crippen MR) is 92.9 cm³/mol. The van der Waals surface area contributed by atoms with E-state index in [1.165, 1.54) is 6.92 Å². The minimum absolute atomic E-state index is 0.0332. The van der Waals surface area contributed by atoms with Gasteiger partial charge in [0.25, 0.3) is 5.91 Å². The van der Waals surface area contributed by atoms with Crippen molar-refractivity contribution in [2.24, 2.45) is 5.92 Å². The van der Waals surface area contributed by atoms with Crippen molar-refractivity contribution >= 4 is 17.6 Å². The third kappa shape index (κ3) is 4.66. The van der Waals surface area contributed by atoms with Crippen LogP contribution in [0.2, 0.25) is 0 Å². The fraction of sp³-hybridized carbons (Fsp3) is 0.526. The van der Waals surface area contributed by atoms with Crippen molar-refractivity contribution in [3.8, 4) is 0 Å². The number of nitrogens with one attached hydrogen (secondary N) is 2. The number of hydrogen-bond acceptors (Lipinski definition) is 3. The zero-order valence-electron chi connectivity index (χ0n) is 14.6. The molecule has 0 saturated heterocycles. The van der Waals surface area contributed by atoms with Gasteiger partial charge in [-0.05, 0) is 46.1 Å². The van der Waals surface area contributed by atoms with Crippen LogP contribution in [-0.2, 0) is 4.79 Å². The molecule has 1 aliphatic carbocycles. The summed E-state index contributed by atoms with van der Waals surface area (Å²) in [5.74, 6) is -0.364. The predicted octanol–water partition coefficient (Wildman–Crippen LogP) is 2.70. The van der Waals surface area contributed by atoms with Crippen molar-refractivity contribution in [3.05, 3.63) is 35.4 Å². The molecule has 0 radical (unpaired) electrons. The van der Waals surface area contributed by atoms with Gasteiger partial charge in [0.2, 0.25) is 5.91 Å². The summed E-state index contributed by atoms with van der Waals surface area (Å²) in [4.78, 5) is 36.4. The van der Waals surface area contributed by atoms with Crippen LogP contribution in [0.15, 0.2) is 24.3 Å². The molecule has 0 aliphatic heterocycles. The highest BCUT2D eigenvalue weighted by molar-refractivity contribution is 6.07. The van der Waals surface area contributed by atoms with Crippen LogP contribution in [0.1, 0.15) is 67.2 Å². The first-order valence-electron chi connectivity index (χ1n) is 8.59. The second-order valence-electron chi connectivity index (χ2n) is 6.80. The molecule has 2 atom stereocenters. The summed E-state index contributed by atoms with van der Waals surface area (Å²) in [6, 6.07) is 6.92. The van der Waals surface area contributed by atoms with Crippen LogP contribution < -0.4 is 10.6 Å². The minimum atomic E-state index is -0.240. The SMILES string of the molecule is CC(=O)c1ccccc1C(=O)NC1CCCC(C(=O)NC(C)C)C1. The Balaban J connectivity index is 2.02. The van der Waals surface area contributed by atoms with E-state index in [1.54, 1.807) is 24.3 Å². The van der Waals surface area contributed by atoms with Crippen LogP contribution in [0.25, 0.3) is 0 Å². The second-order valence-corrected chi connectivity index (χ2v) is 6.80. The summed E-state index contributed by atoms with van der Waals surface area (Å²) in [6.45, 7) is 5.34. The van der Waals surface area contributed by atoms with Gasteiger partial charge in [0.15, 0.2) is 5.78 Å². The smallest absolute Gasteiger partial charge is 0.252 e. The Morgan fingerprint density at radius 1 is 1.08 bits per heavy atom. The van der Waals surface area contributed by atoms with Gasteiger partial charge in [-0.2, -0.15) is 0 Å². The number of carbonyl (C=O) groups excluding carboxylic acids is 3. The molecule has 0 heterocycles. The van der Waals surface area contributed by atoms with E-state index in [0.29, 0.717) is 17.5 Å². The van der Waals surface area contributed by atoms with E-state index in [2.05, 4.69) is 10.6 Å². The molecular weight excluding hydrogens is 304 g/mol. The Morgan fingerprint density at radius 3 is 2.38 bits per heavy atom. The lowest BCUT2D eigenvalue weighted by Crippen LogP contribution is -2.44. The van der Waals surface area contributed by atoms with Crippen LogP contribution in [0.3, 0.4) is 0 Å². The molecule has 1 fully saturated rings. The van der Waals surface area contributed by atoms with Crippen LogP contribution in [0, 0.1) is 5.92 Å². The quantitative estimate of drug-likeness (QED) is 0.815. The van der Waals surface area contributed by atoms with Crippen molar-refractivity contribution in [2.45, 2.75) is 58.5 Å². The topological polar surface area (TPSA) is 75.3 Å². The fourth-order valence-electron chi connectivity index (χ4n) is 3.21. The molecule has 5 heteroatoms. The van der Waals surface area contributed by atoms with Crippen molar-refractivity contribution < 1.29 is 14.4 Å². The lowest BCUT2D eigenvalue weighted by Gasteiger charge is -2.29. The van der Waals surface area contributed by atoms with Crippen molar-refractivity contribution in [1.82, 2.24) is 10.6 Å². The van der Waals surface area contributed by atoms with Gasteiger partial charge >= 0.3 is 0 Å². The highest BCUT2D eigenvalue weighted by Gasteiger charge is 2.29. The molecule has 1 aromatic rings. The van der Waals surface area contributed by atoms with Crippen molar-refractivity contribution in [1.29, 1.82) is 0 Å². The lowest BCUT2D eigenvalue weighted by molar-refractivity contribution is -0.126. The van der Waals surface area contributed by atoms with Crippen LogP contribution >= 0.6 is 0 Å². The fourth-order valence-corrected chi connectivity index (χ4v) is 3.21. The molecule has 0 aromatic heterocycles. The Kier molecular flexibility index (Phi) is 6.12. The zero-order chi connectivity index (χ0) is 17.7. The molecule has 24 heavy (non-hydrogen) atoms. The Labute approximate surface area is 143 Å². The molecule has 2 rings (SSSR count). The molecule has 2 unspecified atom stereocenters. The molecule has 2 N–H and O–H groups in total. The van der Waals surface area contributed by atoms with E-state index >= 15 is 0 Å². The van der Waals surface area contributed by atoms with Gasteiger partial charge < -0.3 is 10.6 Å². The molecule has 2 amide bonds. The standard InChI is InChI=1S/C19H26N2O3/c1-12(2)20-18(23)14-7-6-8-15(11-14)21-19(24)17-10-5-4-9-16(17)13(3)22/h4-5,9-10,12,14-15H,6-8,11H2,1-3H3,(H,20,23)(H,21,24). The first-order chi connectivity index (χ1) is 11.4. The minimum Gasteiger partial charge on any atom is -0.354 e. The van der Waals surface area contributed by atoms with E-state index < -0.39 is 0 Å². The molecule has 1 aliphatic rings. The highest BCUT2D eigenvalue weighted by atomic mass is 16.2. The molecule has 0 spiro atoms. The van der Waals surface area contributed by atoms with Gasteiger partial charge in [0.05, 0.1) is 5.56 Å².